The number of hydrogen-bond acceptors (Lipinski definition) is 4. The molecule has 1 amide bonds. The van der Waals surface area contributed by atoms with Crippen molar-refractivity contribution in [3.05, 3.63) is 64.8 Å². The van der Waals surface area contributed by atoms with Gasteiger partial charge in [-0.1, -0.05) is 41.6 Å². The summed E-state index contributed by atoms with van der Waals surface area (Å²) >= 11 is 7.15. The molecule has 0 radical (unpaired) electrons. The zero-order valence-corrected chi connectivity index (χ0v) is 15.4. The Morgan fingerprint density at radius 2 is 2.04 bits per heavy atom. The standard InChI is InChI=1S/C19H17ClN2O2S/c1-12-6-7-14(8-13(12)2)17-10-21-19(24-17)25-11-18(23)22-16-5-3-4-15(20)9-16/h3-10H,11H2,1-2H3,(H,22,23). The number of hydrogen-bond donors (Lipinski definition) is 1. The lowest BCUT2D eigenvalue weighted by atomic mass is 10.1. The highest BCUT2D eigenvalue weighted by Crippen LogP contribution is 2.27. The second kappa shape index (κ2) is 7.76. The summed E-state index contributed by atoms with van der Waals surface area (Å²) in [7, 11) is 0. The first-order valence-corrected chi connectivity index (χ1v) is 9.09. The van der Waals surface area contributed by atoms with Crippen LogP contribution in [0.1, 0.15) is 11.1 Å². The summed E-state index contributed by atoms with van der Waals surface area (Å²) < 4.78 is 5.74. The predicted molar refractivity (Wildman–Crippen MR) is 102 cm³/mol. The molecule has 3 rings (SSSR count). The van der Waals surface area contributed by atoms with Crippen LogP contribution in [0.2, 0.25) is 5.02 Å². The van der Waals surface area contributed by atoms with E-state index in [1.165, 1.54) is 22.9 Å². The highest BCUT2D eigenvalue weighted by molar-refractivity contribution is 7.99. The smallest absolute Gasteiger partial charge is 0.256 e. The van der Waals surface area contributed by atoms with E-state index in [1.54, 1.807) is 30.5 Å². The molecule has 0 saturated heterocycles. The molecule has 0 aliphatic rings. The van der Waals surface area contributed by atoms with Gasteiger partial charge in [-0.25, -0.2) is 4.98 Å². The van der Waals surface area contributed by atoms with E-state index in [4.69, 9.17) is 16.0 Å². The van der Waals surface area contributed by atoms with Gasteiger partial charge in [0.15, 0.2) is 5.76 Å². The van der Waals surface area contributed by atoms with E-state index >= 15 is 0 Å². The van der Waals surface area contributed by atoms with E-state index in [0.29, 0.717) is 21.7 Å². The first-order valence-electron chi connectivity index (χ1n) is 7.73. The number of amides is 1. The number of aromatic nitrogens is 1. The number of carbonyl (C=O) groups excluding carboxylic acids is 1. The number of halogens is 1. The lowest BCUT2D eigenvalue weighted by Crippen LogP contribution is -2.13. The number of thioether (sulfide) groups is 1. The van der Waals surface area contributed by atoms with Gasteiger partial charge in [0.05, 0.1) is 11.9 Å². The Bertz CT molecular complexity index is 908. The van der Waals surface area contributed by atoms with Crippen molar-refractivity contribution in [2.75, 3.05) is 11.1 Å². The van der Waals surface area contributed by atoms with Gasteiger partial charge < -0.3 is 9.73 Å². The molecule has 1 heterocycles. The summed E-state index contributed by atoms with van der Waals surface area (Å²) in [5.74, 6) is 0.762. The van der Waals surface area contributed by atoms with Gasteiger partial charge in [0.25, 0.3) is 5.22 Å². The summed E-state index contributed by atoms with van der Waals surface area (Å²) in [5.41, 5.74) is 4.08. The Morgan fingerprint density at radius 3 is 2.80 bits per heavy atom. The summed E-state index contributed by atoms with van der Waals surface area (Å²) in [6.07, 6.45) is 1.68. The van der Waals surface area contributed by atoms with E-state index in [1.807, 2.05) is 6.07 Å². The van der Waals surface area contributed by atoms with Crippen LogP contribution in [-0.2, 0) is 4.79 Å². The van der Waals surface area contributed by atoms with Crippen molar-refractivity contribution < 1.29 is 9.21 Å². The van der Waals surface area contributed by atoms with Crippen LogP contribution in [0.3, 0.4) is 0 Å². The molecule has 0 bridgehead atoms. The Labute approximate surface area is 155 Å². The van der Waals surface area contributed by atoms with Crippen LogP contribution in [-0.4, -0.2) is 16.6 Å². The van der Waals surface area contributed by atoms with Crippen LogP contribution >= 0.6 is 23.4 Å². The molecule has 6 heteroatoms. The van der Waals surface area contributed by atoms with Gasteiger partial charge in [0.1, 0.15) is 0 Å². The Kier molecular flexibility index (Phi) is 5.46. The van der Waals surface area contributed by atoms with Crippen molar-refractivity contribution >= 4 is 35.0 Å². The Balaban J connectivity index is 1.59. The molecule has 3 aromatic rings. The highest BCUT2D eigenvalue weighted by atomic mass is 35.5. The van der Waals surface area contributed by atoms with E-state index in [9.17, 15) is 4.79 Å². The number of benzene rings is 2. The lowest BCUT2D eigenvalue weighted by Gasteiger charge is -2.04. The molecule has 1 aromatic heterocycles. The van der Waals surface area contributed by atoms with Crippen molar-refractivity contribution in [2.45, 2.75) is 19.1 Å². The fourth-order valence-corrected chi connectivity index (χ4v) is 3.04. The van der Waals surface area contributed by atoms with Gasteiger partial charge in [-0.05, 0) is 49.2 Å². The van der Waals surface area contributed by atoms with Gasteiger partial charge in [-0.3, -0.25) is 4.79 Å². The molecule has 0 unspecified atom stereocenters. The molecular weight excluding hydrogens is 356 g/mol. The average molecular weight is 373 g/mol. The number of anilines is 1. The molecule has 0 aliphatic heterocycles. The SMILES string of the molecule is Cc1ccc(-c2cnc(SCC(=O)Nc3cccc(Cl)c3)o2)cc1C. The predicted octanol–water partition coefficient (Wildman–Crippen LogP) is 5.34. The Hall–Kier alpha value is -2.24. The second-order valence-corrected chi connectivity index (χ2v) is 7.00. The molecule has 0 fully saturated rings. The van der Waals surface area contributed by atoms with Gasteiger partial charge in [-0.2, -0.15) is 0 Å². The number of nitrogens with zero attached hydrogens (tertiary/aromatic N) is 1. The molecule has 1 N–H and O–H groups in total. The molecular formula is C19H17ClN2O2S. The van der Waals surface area contributed by atoms with E-state index in [-0.39, 0.29) is 11.7 Å². The molecule has 0 spiro atoms. The van der Waals surface area contributed by atoms with Gasteiger partial charge in [-0.15, -0.1) is 0 Å². The maximum absolute atomic E-state index is 12.0. The van der Waals surface area contributed by atoms with Crippen LogP contribution in [0.5, 0.6) is 0 Å². The fourth-order valence-electron chi connectivity index (χ4n) is 2.24. The molecule has 25 heavy (non-hydrogen) atoms. The first kappa shape index (κ1) is 17.6. The third-order valence-electron chi connectivity index (χ3n) is 3.71. The van der Waals surface area contributed by atoms with Crippen molar-refractivity contribution in [2.24, 2.45) is 0 Å². The summed E-state index contributed by atoms with van der Waals surface area (Å²) in [5, 5.41) is 3.84. The number of carbonyl (C=O) groups is 1. The zero-order chi connectivity index (χ0) is 17.8. The fraction of sp³-hybridized carbons (Fsp3) is 0.158. The molecule has 0 saturated carbocycles. The minimum absolute atomic E-state index is 0.141. The maximum Gasteiger partial charge on any atom is 0.256 e. The van der Waals surface area contributed by atoms with Gasteiger partial charge in [0, 0.05) is 16.3 Å². The van der Waals surface area contributed by atoms with Gasteiger partial charge >= 0.3 is 0 Å². The third-order valence-corrected chi connectivity index (χ3v) is 4.79. The maximum atomic E-state index is 12.0. The van der Waals surface area contributed by atoms with Crippen molar-refractivity contribution in [1.82, 2.24) is 4.98 Å². The number of rotatable bonds is 5. The second-order valence-electron chi connectivity index (χ2n) is 5.64. The molecule has 0 aliphatic carbocycles. The summed E-state index contributed by atoms with van der Waals surface area (Å²) in [6, 6.07) is 13.2. The van der Waals surface area contributed by atoms with Crippen LogP contribution in [0.25, 0.3) is 11.3 Å². The van der Waals surface area contributed by atoms with Crippen LogP contribution in [0.15, 0.2) is 58.3 Å². The van der Waals surface area contributed by atoms with Crippen LogP contribution < -0.4 is 5.32 Å². The molecule has 2 aromatic carbocycles. The highest BCUT2D eigenvalue weighted by Gasteiger charge is 2.10. The summed E-state index contributed by atoms with van der Waals surface area (Å²) in [4.78, 5) is 16.2. The minimum atomic E-state index is -0.141. The van der Waals surface area contributed by atoms with E-state index in [0.717, 1.165) is 5.56 Å². The molecule has 0 atom stereocenters. The normalized spacial score (nSPS) is 10.7. The lowest BCUT2D eigenvalue weighted by molar-refractivity contribution is -0.113. The average Bonchev–Trinajstić information content (AvgIpc) is 3.04. The van der Waals surface area contributed by atoms with E-state index < -0.39 is 0 Å². The number of nitrogens with one attached hydrogen (secondary N) is 1. The number of aryl methyl sites for hydroxylation is 2. The van der Waals surface area contributed by atoms with Crippen LogP contribution in [0.4, 0.5) is 5.69 Å². The molecule has 4 nitrogen and oxygen atoms in total. The first-order chi connectivity index (χ1) is 12.0. The Morgan fingerprint density at radius 1 is 1.20 bits per heavy atom. The largest absolute Gasteiger partial charge is 0.431 e. The number of oxazole rings is 1. The summed E-state index contributed by atoms with van der Waals surface area (Å²) in [6.45, 7) is 4.13. The van der Waals surface area contributed by atoms with Crippen molar-refractivity contribution in [3.8, 4) is 11.3 Å². The van der Waals surface area contributed by atoms with Gasteiger partial charge in [0.2, 0.25) is 5.91 Å². The molecule has 128 valence electrons. The quantitative estimate of drug-likeness (QED) is 0.614. The minimum Gasteiger partial charge on any atom is -0.431 e. The van der Waals surface area contributed by atoms with Crippen molar-refractivity contribution in [1.29, 1.82) is 0 Å². The zero-order valence-electron chi connectivity index (χ0n) is 13.9. The third kappa shape index (κ3) is 4.65. The van der Waals surface area contributed by atoms with Crippen molar-refractivity contribution in [3.63, 3.8) is 0 Å². The van der Waals surface area contributed by atoms with E-state index in [2.05, 4.69) is 36.3 Å². The monoisotopic (exact) mass is 372 g/mol. The topological polar surface area (TPSA) is 55.1 Å². The van der Waals surface area contributed by atoms with Crippen LogP contribution in [0, 0.1) is 13.8 Å².